The van der Waals surface area contributed by atoms with E-state index in [-0.39, 0.29) is 11.8 Å². The molecule has 0 aliphatic heterocycles. The van der Waals surface area contributed by atoms with Crippen LogP contribution in [-0.4, -0.2) is 20.9 Å². The number of rotatable bonds is 2. The van der Waals surface area contributed by atoms with Gasteiger partial charge in [0, 0.05) is 23.0 Å². The highest BCUT2D eigenvalue weighted by Crippen LogP contribution is 2.13. The van der Waals surface area contributed by atoms with Gasteiger partial charge in [-0.1, -0.05) is 11.6 Å². The molecule has 0 aliphatic rings. The van der Waals surface area contributed by atoms with Crippen molar-refractivity contribution in [1.29, 1.82) is 0 Å². The lowest BCUT2D eigenvalue weighted by molar-refractivity contribution is 0.103. The second-order valence-corrected chi connectivity index (χ2v) is 3.54. The minimum atomic E-state index is -0.354. The van der Waals surface area contributed by atoms with Gasteiger partial charge in [-0.05, 0) is 24.3 Å². The van der Waals surface area contributed by atoms with Crippen LogP contribution in [0.25, 0.3) is 0 Å². The van der Waals surface area contributed by atoms with Crippen molar-refractivity contribution in [2.45, 2.75) is 0 Å². The smallest absolute Gasteiger partial charge is 0.313 e. The van der Waals surface area contributed by atoms with Gasteiger partial charge in [-0.3, -0.25) is 4.79 Å². The first kappa shape index (κ1) is 10.6. The Bertz CT molecular complexity index is 461. The van der Waals surface area contributed by atoms with Crippen LogP contribution in [0.5, 0.6) is 6.01 Å². The molecule has 16 heavy (non-hydrogen) atoms. The molecule has 80 valence electrons. The van der Waals surface area contributed by atoms with Crippen LogP contribution in [-0.2, 0) is 0 Å². The number of aromatic hydroxyl groups is 1. The highest BCUT2D eigenvalue weighted by atomic mass is 35.5. The fraction of sp³-hybridized carbons (Fsp3) is 0. The summed E-state index contributed by atoms with van der Waals surface area (Å²) in [6.45, 7) is 0. The quantitative estimate of drug-likeness (QED) is 0.808. The molecule has 0 saturated heterocycles. The molecule has 1 aromatic heterocycles. The maximum atomic E-state index is 11.9. The van der Waals surface area contributed by atoms with Crippen molar-refractivity contribution in [3.05, 3.63) is 52.8 Å². The van der Waals surface area contributed by atoms with Gasteiger partial charge in [-0.15, -0.1) is 0 Å². The Labute approximate surface area is 96.6 Å². The maximum absolute atomic E-state index is 11.9. The van der Waals surface area contributed by atoms with Gasteiger partial charge in [-0.2, -0.15) is 0 Å². The van der Waals surface area contributed by atoms with E-state index in [2.05, 4.69) is 9.97 Å². The molecule has 1 aromatic carbocycles. The fourth-order valence-electron chi connectivity index (χ4n) is 1.21. The second kappa shape index (κ2) is 4.28. The first-order valence-corrected chi connectivity index (χ1v) is 4.86. The molecule has 0 unspecified atom stereocenters. The zero-order valence-corrected chi connectivity index (χ0v) is 8.85. The summed E-state index contributed by atoms with van der Waals surface area (Å²) in [5.41, 5.74) is 0.818. The third-order valence-corrected chi connectivity index (χ3v) is 2.26. The summed E-state index contributed by atoms with van der Waals surface area (Å²) in [5, 5.41) is 9.46. The number of halogens is 1. The largest absolute Gasteiger partial charge is 0.479 e. The normalized spacial score (nSPS) is 10.1. The van der Waals surface area contributed by atoms with Crippen molar-refractivity contribution in [3.63, 3.8) is 0 Å². The minimum Gasteiger partial charge on any atom is -0.479 e. The molecule has 0 saturated carbocycles. The Morgan fingerprint density at radius 3 is 2.19 bits per heavy atom. The molecule has 5 heteroatoms. The summed E-state index contributed by atoms with van der Waals surface area (Å²) < 4.78 is 0. The predicted molar refractivity (Wildman–Crippen MR) is 58.6 cm³/mol. The lowest BCUT2D eigenvalue weighted by Crippen LogP contribution is -2.02. The maximum Gasteiger partial charge on any atom is 0.313 e. The second-order valence-electron chi connectivity index (χ2n) is 3.11. The van der Waals surface area contributed by atoms with Crippen LogP contribution < -0.4 is 0 Å². The number of hydrogen-bond acceptors (Lipinski definition) is 4. The Kier molecular flexibility index (Phi) is 2.83. The SMILES string of the molecule is O=C(c1ccc(Cl)cc1)c1cnc(O)nc1. The Balaban J connectivity index is 2.32. The van der Waals surface area contributed by atoms with Crippen molar-refractivity contribution in [2.24, 2.45) is 0 Å². The molecule has 0 atom stereocenters. The number of aromatic nitrogens is 2. The summed E-state index contributed by atoms with van der Waals surface area (Å²) >= 11 is 5.71. The lowest BCUT2D eigenvalue weighted by Gasteiger charge is -2.00. The zero-order chi connectivity index (χ0) is 11.5. The summed E-state index contributed by atoms with van der Waals surface area (Å²) in [5.74, 6) is -0.211. The molecule has 2 rings (SSSR count). The topological polar surface area (TPSA) is 63.1 Å². The molecule has 1 heterocycles. The first-order chi connectivity index (χ1) is 7.66. The molecule has 0 fully saturated rings. The number of carbonyl (C=O) groups is 1. The van der Waals surface area contributed by atoms with Crippen LogP contribution in [0.4, 0.5) is 0 Å². The molecule has 0 radical (unpaired) electrons. The standard InChI is InChI=1S/C11H7ClN2O2/c12-9-3-1-7(2-4-9)10(15)8-5-13-11(16)14-6-8/h1-6H,(H,13,14,16). The number of hydrogen-bond donors (Lipinski definition) is 1. The van der Waals surface area contributed by atoms with E-state index in [0.717, 1.165) is 0 Å². The van der Waals surface area contributed by atoms with Gasteiger partial charge in [0.1, 0.15) is 0 Å². The van der Waals surface area contributed by atoms with Crippen molar-refractivity contribution in [3.8, 4) is 6.01 Å². The van der Waals surface area contributed by atoms with Gasteiger partial charge in [0.15, 0.2) is 5.78 Å². The fourth-order valence-corrected chi connectivity index (χ4v) is 1.33. The number of carbonyl (C=O) groups excluding carboxylic acids is 1. The van der Waals surface area contributed by atoms with Crippen molar-refractivity contribution < 1.29 is 9.90 Å². The molecule has 1 N–H and O–H groups in total. The summed E-state index contributed by atoms with van der Waals surface area (Å²) in [6, 6.07) is 6.16. The average Bonchev–Trinajstić information content (AvgIpc) is 2.30. The lowest BCUT2D eigenvalue weighted by atomic mass is 10.1. The van der Waals surface area contributed by atoms with Crippen LogP contribution in [0, 0.1) is 0 Å². The first-order valence-electron chi connectivity index (χ1n) is 4.48. The Hall–Kier alpha value is -1.94. The van der Waals surface area contributed by atoms with E-state index >= 15 is 0 Å². The molecule has 0 aliphatic carbocycles. The molecule has 4 nitrogen and oxygen atoms in total. The van der Waals surface area contributed by atoms with Crippen LogP contribution in [0.3, 0.4) is 0 Å². The number of benzene rings is 1. The highest BCUT2D eigenvalue weighted by Gasteiger charge is 2.09. The monoisotopic (exact) mass is 234 g/mol. The van der Waals surface area contributed by atoms with Crippen LogP contribution in [0.15, 0.2) is 36.7 Å². The van der Waals surface area contributed by atoms with E-state index in [0.29, 0.717) is 16.1 Å². The van der Waals surface area contributed by atoms with E-state index in [1.54, 1.807) is 24.3 Å². The molecule has 0 bridgehead atoms. The van der Waals surface area contributed by atoms with Crippen molar-refractivity contribution in [1.82, 2.24) is 9.97 Å². The van der Waals surface area contributed by atoms with Gasteiger partial charge < -0.3 is 5.11 Å². The number of ketones is 1. The average molecular weight is 235 g/mol. The van der Waals surface area contributed by atoms with E-state index < -0.39 is 0 Å². The molecule has 2 aromatic rings. The van der Waals surface area contributed by atoms with Crippen molar-refractivity contribution >= 4 is 17.4 Å². The molecule has 0 spiro atoms. The molecular formula is C11H7ClN2O2. The van der Waals surface area contributed by atoms with Crippen LogP contribution in [0.1, 0.15) is 15.9 Å². The van der Waals surface area contributed by atoms with E-state index in [4.69, 9.17) is 16.7 Å². The van der Waals surface area contributed by atoms with Gasteiger partial charge >= 0.3 is 6.01 Å². The third-order valence-electron chi connectivity index (χ3n) is 2.01. The van der Waals surface area contributed by atoms with Gasteiger partial charge in [0.25, 0.3) is 0 Å². The van der Waals surface area contributed by atoms with Gasteiger partial charge in [0.05, 0.1) is 5.56 Å². The van der Waals surface area contributed by atoms with E-state index in [1.165, 1.54) is 12.4 Å². The minimum absolute atomic E-state index is 0.211. The summed E-state index contributed by atoms with van der Waals surface area (Å²) in [4.78, 5) is 18.9. The summed E-state index contributed by atoms with van der Waals surface area (Å²) in [7, 11) is 0. The zero-order valence-electron chi connectivity index (χ0n) is 8.09. The van der Waals surface area contributed by atoms with E-state index in [9.17, 15) is 4.79 Å². The molecular weight excluding hydrogens is 228 g/mol. The highest BCUT2D eigenvalue weighted by molar-refractivity contribution is 6.30. The molecule has 0 amide bonds. The van der Waals surface area contributed by atoms with E-state index in [1.807, 2.05) is 0 Å². The van der Waals surface area contributed by atoms with Crippen molar-refractivity contribution in [2.75, 3.05) is 0 Å². The Morgan fingerprint density at radius 2 is 1.62 bits per heavy atom. The van der Waals surface area contributed by atoms with Crippen LogP contribution >= 0.6 is 11.6 Å². The predicted octanol–water partition coefficient (Wildman–Crippen LogP) is 2.07. The van der Waals surface area contributed by atoms with Gasteiger partial charge in [0.2, 0.25) is 0 Å². The Morgan fingerprint density at radius 1 is 1.06 bits per heavy atom. The third kappa shape index (κ3) is 2.17. The number of nitrogens with zero attached hydrogens (tertiary/aromatic N) is 2. The van der Waals surface area contributed by atoms with Crippen LogP contribution in [0.2, 0.25) is 5.02 Å². The van der Waals surface area contributed by atoms with Gasteiger partial charge in [-0.25, -0.2) is 9.97 Å². The summed E-state index contributed by atoms with van der Waals surface area (Å²) in [6.07, 6.45) is 2.55.